The Labute approximate surface area is 125 Å². The van der Waals surface area contributed by atoms with Crippen molar-refractivity contribution in [1.29, 1.82) is 0 Å². The van der Waals surface area contributed by atoms with E-state index in [2.05, 4.69) is 0 Å². The lowest BCUT2D eigenvalue weighted by atomic mass is 9.72. The lowest BCUT2D eigenvalue weighted by molar-refractivity contribution is -0.144. The van der Waals surface area contributed by atoms with Crippen molar-refractivity contribution >= 4 is 11.8 Å². The Bertz CT molecular complexity index is 432. The van der Waals surface area contributed by atoms with E-state index in [1.165, 1.54) is 11.5 Å². The molecule has 0 aromatic heterocycles. The van der Waals surface area contributed by atoms with Gasteiger partial charge in [-0.2, -0.15) is 11.8 Å². The van der Waals surface area contributed by atoms with E-state index in [9.17, 15) is 5.11 Å². The summed E-state index contributed by atoms with van der Waals surface area (Å²) in [5.74, 6) is 2.68. The lowest BCUT2D eigenvalue weighted by Crippen LogP contribution is -2.47. The monoisotopic (exact) mass is 292 g/mol. The third-order valence-corrected chi connectivity index (χ3v) is 6.04. The van der Waals surface area contributed by atoms with Gasteiger partial charge in [0, 0.05) is 6.61 Å². The normalized spacial score (nSPS) is 29.0. The number of ether oxygens (including phenoxy) is 1. The highest BCUT2D eigenvalue weighted by molar-refractivity contribution is 7.99. The van der Waals surface area contributed by atoms with Crippen LogP contribution in [0, 0.1) is 5.92 Å². The van der Waals surface area contributed by atoms with Gasteiger partial charge in [0.15, 0.2) is 0 Å². The highest BCUT2D eigenvalue weighted by atomic mass is 32.2. The molecule has 1 spiro atoms. The van der Waals surface area contributed by atoms with Crippen molar-refractivity contribution in [3.8, 4) is 0 Å². The summed E-state index contributed by atoms with van der Waals surface area (Å²) in [5.41, 5.74) is 0.322. The fourth-order valence-electron chi connectivity index (χ4n) is 3.61. The summed E-state index contributed by atoms with van der Waals surface area (Å²) < 4.78 is 6.14. The standard InChI is InChI=1S/C17H24O2S/c1-16(18,14-5-3-2-4-6-14)15-7-10-19-17(13-15)8-11-20-12-9-17/h2-6,15,18H,7-13H2,1H3. The molecule has 0 bridgehead atoms. The van der Waals surface area contributed by atoms with Crippen molar-refractivity contribution < 1.29 is 9.84 Å². The van der Waals surface area contributed by atoms with E-state index in [1.54, 1.807) is 0 Å². The fraction of sp³-hybridized carbons (Fsp3) is 0.647. The van der Waals surface area contributed by atoms with Gasteiger partial charge in [-0.25, -0.2) is 0 Å². The molecule has 0 aliphatic carbocycles. The van der Waals surface area contributed by atoms with Crippen LogP contribution in [0.2, 0.25) is 0 Å². The summed E-state index contributed by atoms with van der Waals surface area (Å²) in [7, 11) is 0. The summed E-state index contributed by atoms with van der Waals surface area (Å²) in [6.07, 6.45) is 4.23. The highest BCUT2D eigenvalue weighted by Gasteiger charge is 2.45. The van der Waals surface area contributed by atoms with Crippen LogP contribution in [0.25, 0.3) is 0 Å². The lowest BCUT2D eigenvalue weighted by Gasteiger charge is -2.47. The minimum Gasteiger partial charge on any atom is -0.385 e. The van der Waals surface area contributed by atoms with Crippen LogP contribution in [0.4, 0.5) is 0 Å². The number of rotatable bonds is 2. The van der Waals surface area contributed by atoms with Crippen LogP contribution < -0.4 is 0 Å². The Balaban J connectivity index is 1.79. The van der Waals surface area contributed by atoms with Gasteiger partial charge in [0.1, 0.15) is 0 Å². The Hall–Kier alpha value is -0.510. The molecule has 0 amide bonds. The first-order valence-corrected chi connectivity index (χ1v) is 8.77. The number of benzene rings is 1. The molecule has 3 rings (SSSR count). The fourth-order valence-corrected chi connectivity index (χ4v) is 4.85. The minimum absolute atomic E-state index is 0.0347. The molecule has 1 N–H and O–H groups in total. The number of aliphatic hydroxyl groups is 1. The summed E-state index contributed by atoms with van der Waals surface area (Å²) in [4.78, 5) is 0. The van der Waals surface area contributed by atoms with Crippen LogP contribution in [0.3, 0.4) is 0 Å². The molecule has 3 heteroatoms. The topological polar surface area (TPSA) is 29.5 Å². The van der Waals surface area contributed by atoms with Crippen molar-refractivity contribution in [3.05, 3.63) is 35.9 Å². The molecule has 1 aromatic carbocycles. The molecule has 2 heterocycles. The van der Waals surface area contributed by atoms with Crippen molar-refractivity contribution in [2.45, 2.75) is 43.8 Å². The average Bonchev–Trinajstić information content (AvgIpc) is 2.49. The Morgan fingerprint density at radius 2 is 1.95 bits per heavy atom. The van der Waals surface area contributed by atoms with Crippen LogP contribution in [0.15, 0.2) is 30.3 Å². The predicted octanol–water partition coefficient (Wildman–Crippen LogP) is 3.59. The zero-order chi connectivity index (χ0) is 14.1. The largest absolute Gasteiger partial charge is 0.385 e. The third-order valence-electron chi connectivity index (χ3n) is 5.05. The van der Waals surface area contributed by atoms with Crippen LogP contribution >= 0.6 is 11.8 Å². The second-order valence-corrected chi connectivity index (χ2v) is 7.57. The third kappa shape index (κ3) is 2.76. The molecular formula is C17H24O2S. The SMILES string of the molecule is CC(O)(c1ccccc1)C1CCOC2(CCSCC2)C1. The molecule has 2 atom stereocenters. The molecule has 110 valence electrons. The summed E-state index contributed by atoms with van der Waals surface area (Å²) in [6.45, 7) is 2.77. The molecular weight excluding hydrogens is 268 g/mol. The molecule has 2 nitrogen and oxygen atoms in total. The van der Waals surface area contributed by atoms with Crippen LogP contribution in [-0.4, -0.2) is 28.8 Å². The molecule has 2 aliphatic rings. The van der Waals surface area contributed by atoms with Gasteiger partial charge >= 0.3 is 0 Å². The zero-order valence-corrected chi connectivity index (χ0v) is 13.0. The first-order valence-electron chi connectivity index (χ1n) is 7.62. The Morgan fingerprint density at radius 1 is 1.25 bits per heavy atom. The molecule has 2 saturated heterocycles. The van der Waals surface area contributed by atoms with Gasteiger partial charge in [-0.3, -0.25) is 0 Å². The number of hydrogen-bond donors (Lipinski definition) is 1. The van der Waals surface area contributed by atoms with Gasteiger partial charge in [0.05, 0.1) is 11.2 Å². The Morgan fingerprint density at radius 3 is 2.65 bits per heavy atom. The maximum atomic E-state index is 11.1. The van der Waals surface area contributed by atoms with E-state index in [4.69, 9.17) is 4.74 Å². The van der Waals surface area contributed by atoms with E-state index in [0.717, 1.165) is 37.9 Å². The van der Waals surface area contributed by atoms with Crippen molar-refractivity contribution in [1.82, 2.24) is 0 Å². The first kappa shape index (κ1) is 14.4. The van der Waals surface area contributed by atoms with Gasteiger partial charge < -0.3 is 9.84 Å². The van der Waals surface area contributed by atoms with Crippen LogP contribution in [0.5, 0.6) is 0 Å². The summed E-state index contributed by atoms with van der Waals surface area (Å²) in [6, 6.07) is 10.1. The number of hydrogen-bond acceptors (Lipinski definition) is 3. The maximum Gasteiger partial charge on any atom is 0.0898 e. The maximum absolute atomic E-state index is 11.1. The second kappa shape index (κ2) is 5.70. The van der Waals surface area contributed by atoms with E-state index >= 15 is 0 Å². The van der Waals surface area contributed by atoms with Gasteiger partial charge in [-0.05, 0) is 55.6 Å². The predicted molar refractivity (Wildman–Crippen MR) is 84.0 cm³/mol. The summed E-state index contributed by atoms with van der Waals surface area (Å²) in [5, 5.41) is 11.1. The molecule has 1 aromatic rings. The van der Waals surface area contributed by atoms with Gasteiger partial charge in [-0.1, -0.05) is 30.3 Å². The van der Waals surface area contributed by atoms with E-state index in [0.29, 0.717) is 5.92 Å². The van der Waals surface area contributed by atoms with E-state index in [-0.39, 0.29) is 5.60 Å². The number of thioether (sulfide) groups is 1. The molecule has 0 saturated carbocycles. The van der Waals surface area contributed by atoms with E-state index < -0.39 is 5.60 Å². The summed E-state index contributed by atoms with van der Waals surface area (Å²) >= 11 is 2.03. The quantitative estimate of drug-likeness (QED) is 0.903. The average molecular weight is 292 g/mol. The second-order valence-electron chi connectivity index (χ2n) is 6.35. The van der Waals surface area contributed by atoms with Gasteiger partial charge in [0.2, 0.25) is 0 Å². The van der Waals surface area contributed by atoms with Crippen LogP contribution in [0.1, 0.15) is 38.2 Å². The van der Waals surface area contributed by atoms with Gasteiger partial charge in [0.25, 0.3) is 0 Å². The van der Waals surface area contributed by atoms with Crippen molar-refractivity contribution in [2.24, 2.45) is 5.92 Å². The van der Waals surface area contributed by atoms with Crippen LogP contribution in [-0.2, 0) is 10.3 Å². The van der Waals surface area contributed by atoms with Gasteiger partial charge in [-0.15, -0.1) is 0 Å². The molecule has 2 aliphatic heterocycles. The van der Waals surface area contributed by atoms with Crippen molar-refractivity contribution in [2.75, 3.05) is 18.1 Å². The van der Waals surface area contributed by atoms with E-state index in [1.807, 2.05) is 49.0 Å². The molecule has 2 unspecified atom stereocenters. The first-order chi connectivity index (χ1) is 9.62. The van der Waals surface area contributed by atoms with Crippen molar-refractivity contribution in [3.63, 3.8) is 0 Å². The zero-order valence-electron chi connectivity index (χ0n) is 12.2. The molecule has 0 radical (unpaired) electrons. The smallest absolute Gasteiger partial charge is 0.0898 e. The molecule has 2 fully saturated rings. The Kier molecular flexibility index (Phi) is 4.11. The molecule has 20 heavy (non-hydrogen) atoms. The highest BCUT2D eigenvalue weighted by Crippen LogP contribution is 2.45. The minimum atomic E-state index is -0.747.